The monoisotopic (exact) mass is 571 g/mol. The van der Waals surface area contributed by atoms with Gasteiger partial charge in [0, 0.05) is 13.1 Å². The Morgan fingerprint density at radius 2 is 1.43 bits per heavy atom. The molecule has 0 saturated heterocycles. The average molecular weight is 572 g/mol. The minimum Gasteiger partial charge on any atom is -0.354 e. The first-order valence-corrected chi connectivity index (χ1v) is 14.5. The van der Waals surface area contributed by atoms with Crippen molar-refractivity contribution in [3.05, 3.63) is 95.6 Å². The van der Waals surface area contributed by atoms with Crippen LogP contribution in [-0.2, 0) is 26.2 Å². The predicted octanol–water partition coefficient (Wildman–Crippen LogP) is 5.05. The number of anilines is 1. The maximum Gasteiger partial charge on any atom is 0.264 e. The van der Waals surface area contributed by atoms with E-state index in [0.717, 1.165) is 34.1 Å². The van der Waals surface area contributed by atoms with Crippen molar-refractivity contribution in [2.24, 2.45) is 5.92 Å². The lowest BCUT2D eigenvalue weighted by atomic mass is 10.1. The standard InChI is InChI=1S/C30H35F2N3O4S/c1-5-28(30(37)33-18-21(2)3)34(19-23-8-10-24(31)11-9-23)29(36)20-35(26-14-6-22(4)7-15-26)40(38,39)27-16-12-25(32)13-17-27/h6-17,21,28H,5,18-20H2,1-4H3,(H,33,37)/t28-/m1/s1. The Labute approximate surface area is 234 Å². The summed E-state index contributed by atoms with van der Waals surface area (Å²) in [6.07, 6.45) is 0.270. The fourth-order valence-electron chi connectivity index (χ4n) is 4.10. The molecule has 1 N–H and O–H groups in total. The van der Waals surface area contributed by atoms with Gasteiger partial charge in [-0.25, -0.2) is 17.2 Å². The molecule has 0 spiro atoms. The fraction of sp³-hybridized carbons (Fsp3) is 0.333. The topological polar surface area (TPSA) is 86.8 Å². The van der Waals surface area contributed by atoms with Gasteiger partial charge in [-0.2, -0.15) is 0 Å². The minimum atomic E-state index is -4.30. The molecule has 0 fully saturated rings. The highest BCUT2D eigenvalue weighted by Crippen LogP contribution is 2.25. The quantitative estimate of drug-likeness (QED) is 0.330. The van der Waals surface area contributed by atoms with Crippen LogP contribution < -0.4 is 9.62 Å². The summed E-state index contributed by atoms with van der Waals surface area (Å²) in [6.45, 7) is 7.26. The maximum atomic E-state index is 13.9. The second kappa shape index (κ2) is 13.5. The molecule has 0 saturated carbocycles. The molecule has 0 aliphatic heterocycles. The van der Waals surface area contributed by atoms with Crippen molar-refractivity contribution in [3.8, 4) is 0 Å². The first-order chi connectivity index (χ1) is 18.9. The van der Waals surface area contributed by atoms with Crippen LogP contribution in [0.4, 0.5) is 14.5 Å². The lowest BCUT2D eigenvalue weighted by Gasteiger charge is -2.33. The number of hydrogen-bond acceptors (Lipinski definition) is 4. The Kier molecular flexibility index (Phi) is 10.4. The van der Waals surface area contributed by atoms with Gasteiger partial charge in [-0.1, -0.05) is 50.6 Å². The van der Waals surface area contributed by atoms with Crippen molar-refractivity contribution in [3.63, 3.8) is 0 Å². The van der Waals surface area contributed by atoms with E-state index >= 15 is 0 Å². The number of hydrogen-bond donors (Lipinski definition) is 1. The van der Waals surface area contributed by atoms with Gasteiger partial charge in [-0.05, 0) is 73.4 Å². The normalized spacial score (nSPS) is 12.2. The van der Waals surface area contributed by atoms with Gasteiger partial charge in [-0.15, -0.1) is 0 Å². The molecule has 7 nitrogen and oxygen atoms in total. The van der Waals surface area contributed by atoms with Gasteiger partial charge < -0.3 is 10.2 Å². The van der Waals surface area contributed by atoms with Crippen LogP contribution in [0.2, 0.25) is 0 Å². The number of carbonyl (C=O) groups is 2. The lowest BCUT2D eigenvalue weighted by molar-refractivity contribution is -0.140. The molecule has 3 aromatic carbocycles. The van der Waals surface area contributed by atoms with E-state index in [9.17, 15) is 26.8 Å². The van der Waals surface area contributed by atoms with E-state index in [1.54, 1.807) is 31.2 Å². The molecule has 214 valence electrons. The molecular formula is C30H35F2N3O4S. The molecule has 0 aliphatic rings. The molecule has 0 heterocycles. The minimum absolute atomic E-state index is 0.0367. The van der Waals surface area contributed by atoms with E-state index in [-0.39, 0.29) is 35.4 Å². The van der Waals surface area contributed by atoms with E-state index in [1.165, 1.54) is 29.2 Å². The number of sulfonamides is 1. The molecular weight excluding hydrogens is 536 g/mol. The van der Waals surface area contributed by atoms with Gasteiger partial charge in [0.2, 0.25) is 11.8 Å². The third-order valence-corrected chi connectivity index (χ3v) is 8.13. The van der Waals surface area contributed by atoms with Crippen molar-refractivity contribution >= 4 is 27.5 Å². The van der Waals surface area contributed by atoms with Gasteiger partial charge in [0.25, 0.3) is 10.0 Å². The molecule has 0 unspecified atom stereocenters. The second-order valence-electron chi connectivity index (χ2n) is 10.0. The Hall–Kier alpha value is -3.79. The summed E-state index contributed by atoms with van der Waals surface area (Å²) < 4.78 is 55.6. The number of amides is 2. The Bertz CT molecular complexity index is 1390. The van der Waals surface area contributed by atoms with E-state index < -0.39 is 40.2 Å². The van der Waals surface area contributed by atoms with Crippen molar-refractivity contribution in [2.45, 2.75) is 51.6 Å². The average Bonchev–Trinajstić information content (AvgIpc) is 2.92. The van der Waals surface area contributed by atoms with E-state index in [0.29, 0.717) is 12.1 Å². The molecule has 0 bridgehead atoms. The number of benzene rings is 3. The molecule has 3 aromatic rings. The third kappa shape index (κ3) is 7.88. The van der Waals surface area contributed by atoms with Crippen LogP contribution in [0, 0.1) is 24.5 Å². The Morgan fingerprint density at radius 1 is 0.875 bits per heavy atom. The van der Waals surface area contributed by atoms with E-state index in [2.05, 4.69) is 5.32 Å². The summed E-state index contributed by atoms with van der Waals surface area (Å²) in [5.74, 6) is -1.85. The van der Waals surface area contributed by atoms with Crippen LogP contribution in [0.15, 0.2) is 77.7 Å². The molecule has 40 heavy (non-hydrogen) atoms. The molecule has 1 atom stereocenters. The number of nitrogens with one attached hydrogen (secondary N) is 1. The zero-order chi connectivity index (χ0) is 29.4. The van der Waals surface area contributed by atoms with Gasteiger partial charge in [-0.3, -0.25) is 13.9 Å². The Balaban J connectivity index is 2.03. The number of aryl methyl sites for hydroxylation is 1. The second-order valence-corrected chi connectivity index (χ2v) is 11.9. The molecule has 10 heteroatoms. The van der Waals surface area contributed by atoms with Crippen LogP contribution in [0.3, 0.4) is 0 Å². The number of carbonyl (C=O) groups excluding carboxylic acids is 2. The molecule has 0 aromatic heterocycles. The summed E-state index contributed by atoms with van der Waals surface area (Å²) in [6, 6.07) is 15.6. The van der Waals surface area contributed by atoms with Crippen LogP contribution >= 0.6 is 0 Å². The number of nitrogens with zero attached hydrogens (tertiary/aromatic N) is 2. The smallest absolute Gasteiger partial charge is 0.264 e. The van der Waals surface area contributed by atoms with Crippen LogP contribution in [0.5, 0.6) is 0 Å². The highest BCUT2D eigenvalue weighted by atomic mass is 32.2. The maximum absolute atomic E-state index is 13.9. The third-order valence-electron chi connectivity index (χ3n) is 6.34. The molecule has 0 aliphatic carbocycles. The van der Waals surface area contributed by atoms with Crippen LogP contribution in [0.25, 0.3) is 0 Å². The van der Waals surface area contributed by atoms with Crippen molar-refractivity contribution < 1.29 is 26.8 Å². The summed E-state index contributed by atoms with van der Waals surface area (Å²) in [5, 5.41) is 2.86. The highest BCUT2D eigenvalue weighted by Gasteiger charge is 2.33. The largest absolute Gasteiger partial charge is 0.354 e. The zero-order valence-electron chi connectivity index (χ0n) is 23.1. The molecule has 3 rings (SSSR count). The SMILES string of the molecule is CC[C@H](C(=O)NCC(C)C)N(Cc1ccc(F)cc1)C(=O)CN(c1ccc(C)cc1)S(=O)(=O)c1ccc(F)cc1. The Morgan fingerprint density at radius 3 is 1.95 bits per heavy atom. The predicted molar refractivity (Wildman–Crippen MR) is 151 cm³/mol. The fourth-order valence-corrected chi connectivity index (χ4v) is 5.52. The van der Waals surface area contributed by atoms with Crippen molar-refractivity contribution in [2.75, 3.05) is 17.4 Å². The summed E-state index contributed by atoms with van der Waals surface area (Å²) in [7, 11) is -4.30. The van der Waals surface area contributed by atoms with Crippen molar-refractivity contribution in [1.82, 2.24) is 10.2 Å². The van der Waals surface area contributed by atoms with Crippen LogP contribution in [-0.4, -0.2) is 44.3 Å². The molecule has 2 amide bonds. The first-order valence-electron chi connectivity index (χ1n) is 13.1. The van der Waals surface area contributed by atoms with E-state index in [4.69, 9.17) is 0 Å². The lowest BCUT2D eigenvalue weighted by Crippen LogP contribution is -2.52. The van der Waals surface area contributed by atoms with Gasteiger partial charge in [0.15, 0.2) is 0 Å². The summed E-state index contributed by atoms with van der Waals surface area (Å²) >= 11 is 0. The first kappa shape index (κ1) is 30.7. The van der Waals surface area contributed by atoms with E-state index in [1.807, 2.05) is 20.8 Å². The van der Waals surface area contributed by atoms with Crippen molar-refractivity contribution in [1.29, 1.82) is 0 Å². The highest BCUT2D eigenvalue weighted by molar-refractivity contribution is 7.92. The van der Waals surface area contributed by atoms with Gasteiger partial charge in [0.05, 0.1) is 10.6 Å². The van der Waals surface area contributed by atoms with Gasteiger partial charge >= 0.3 is 0 Å². The van der Waals surface area contributed by atoms with Gasteiger partial charge in [0.1, 0.15) is 24.2 Å². The molecule has 0 radical (unpaired) electrons. The van der Waals surface area contributed by atoms with Crippen LogP contribution in [0.1, 0.15) is 38.3 Å². The summed E-state index contributed by atoms with van der Waals surface area (Å²) in [4.78, 5) is 28.3. The number of rotatable bonds is 12. The summed E-state index contributed by atoms with van der Waals surface area (Å²) in [5.41, 5.74) is 1.70. The number of halogens is 2. The zero-order valence-corrected chi connectivity index (χ0v) is 23.9.